The number of nitrogens with zero attached hydrogens (tertiary/aromatic N) is 2. The van der Waals surface area contributed by atoms with Crippen LogP contribution in [0.1, 0.15) is 35.2 Å². The van der Waals surface area contributed by atoms with Gasteiger partial charge in [-0.1, -0.05) is 0 Å². The smallest absolute Gasteiger partial charge is 0.162 e. The van der Waals surface area contributed by atoms with Crippen LogP contribution in [0.4, 0.5) is 5.82 Å². The Hall–Kier alpha value is -0.850. The van der Waals surface area contributed by atoms with Crippen molar-refractivity contribution < 1.29 is 4.74 Å². The highest BCUT2D eigenvalue weighted by Gasteiger charge is 2.24. The van der Waals surface area contributed by atoms with E-state index in [0.717, 1.165) is 40.6 Å². The Balaban J connectivity index is 1.81. The van der Waals surface area contributed by atoms with Crippen LogP contribution in [0.15, 0.2) is 0 Å². The summed E-state index contributed by atoms with van der Waals surface area (Å²) in [6.07, 6.45) is 4.82. The van der Waals surface area contributed by atoms with Gasteiger partial charge in [-0.15, -0.1) is 11.3 Å². The molecule has 1 aliphatic heterocycles. The van der Waals surface area contributed by atoms with Crippen LogP contribution in [0, 0.1) is 0 Å². The van der Waals surface area contributed by atoms with E-state index in [2.05, 4.69) is 4.98 Å². The van der Waals surface area contributed by atoms with E-state index in [1.807, 2.05) is 11.8 Å². The topological polar surface area (TPSA) is 61.0 Å². The first-order valence-electron chi connectivity index (χ1n) is 7.10. The number of aryl methyl sites for hydroxylation is 2. The zero-order valence-electron chi connectivity index (χ0n) is 11.2. The summed E-state index contributed by atoms with van der Waals surface area (Å²) in [7, 11) is 0. The lowest BCUT2D eigenvalue weighted by molar-refractivity contribution is 0.0698. The number of anilines is 1. The number of hydrogen-bond acceptors (Lipinski definition) is 6. The van der Waals surface area contributed by atoms with Gasteiger partial charge >= 0.3 is 0 Å². The minimum atomic E-state index is -0.000391. The van der Waals surface area contributed by atoms with Crippen molar-refractivity contribution in [2.45, 2.75) is 31.8 Å². The van der Waals surface area contributed by atoms with E-state index in [9.17, 15) is 0 Å². The first-order chi connectivity index (χ1) is 9.83. The summed E-state index contributed by atoms with van der Waals surface area (Å²) in [6, 6.07) is 0. The monoisotopic (exact) mass is 307 g/mol. The second-order valence-corrected chi connectivity index (χ2v) is 7.53. The second kappa shape index (κ2) is 5.16. The molecular weight excluding hydrogens is 290 g/mol. The Kier molecular flexibility index (Phi) is 3.32. The van der Waals surface area contributed by atoms with Crippen molar-refractivity contribution in [1.82, 2.24) is 9.97 Å². The van der Waals surface area contributed by atoms with Gasteiger partial charge in [0.05, 0.1) is 12.0 Å². The van der Waals surface area contributed by atoms with E-state index in [0.29, 0.717) is 5.82 Å². The van der Waals surface area contributed by atoms with E-state index in [-0.39, 0.29) is 6.10 Å². The van der Waals surface area contributed by atoms with Gasteiger partial charge in [0.2, 0.25) is 0 Å². The quantitative estimate of drug-likeness (QED) is 0.877. The molecule has 20 heavy (non-hydrogen) atoms. The standard InChI is InChI=1S/C14H17N3OS2/c15-12-11-8-3-1-2-4-10(8)20-14(11)17-13(16-12)9-7-19-6-5-18-9/h9H,1-7H2,(H2,15,16,17). The molecule has 0 radical (unpaired) electrons. The third kappa shape index (κ3) is 2.10. The van der Waals surface area contributed by atoms with Crippen molar-refractivity contribution in [1.29, 1.82) is 0 Å². The van der Waals surface area contributed by atoms with Crippen LogP contribution in [0.3, 0.4) is 0 Å². The van der Waals surface area contributed by atoms with Gasteiger partial charge in [-0.25, -0.2) is 9.97 Å². The van der Waals surface area contributed by atoms with Gasteiger partial charge < -0.3 is 10.5 Å². The average Bonchev–Trinajstić information content (AvgIpc) is 2.87. The molecule has 1 aliphatic carbocycles. The first-order valence-corrected chi connectivity index (χ1v) is 9.07. The van der Waals surface area contributed by atoms with Crippen LogP contribution in [-0.4, -0.2) is 28.1 Å². The zero-order valence-corrected chi connectivity index (χ0v) is 12.9. The number of nitrogen functional groups attached to an aromatic ring is 1. The van der Waals surface area contributed by atoms with Crippen molar-refractivity contribution in [2.24, 2.45) is 0 Å². The molecule has 2 aromatic rings. The summed E-state index contributed by atoms with van der Waals surface area (Å²) in [6.45, 7) is 0.775. The summed E-state index contributed by atoms with van der Waals surface area (Å²) < 4.78 is 5.77. The van der Waals surface area contributed by atoms with Crippen LogP contribution in [0.5, 0.6) is 0 Å². The number of nitrogens with two attached hydrogens (primary N) is 1. The van der Waals surface area contributed by atoms with Crippen molar-refractivity contribution in [3.8, 4) is 0 Å². The molecule has 0 saturated carbocycles. The van der Waals surface area contributed by atoms with Crippen LogP contribution in [0.25, 0.3) is 10.2 Å². The van der Waals surface area contributed by atoms with Gasteiger partial charge in [0.25, 0.3) is 0 Å². The molecule has 1 fully saturated rings. The zero-order chi connectivity index (χ0) is 13.5. The highest BCUT2D eigenvalue weighted by atomic mass is 32.2. The molecule has 0 amide bonds. The Labute approximate surface area is 126 Å². The van der Waals surface area contributed by atoms with Crippen LogP contribution in [0.2, 0.25) is 0 Å². The number of aromatic nitrogens is 2. The van der Waals surface area contributed by atoms with Gasteiger partial charge in [0, 0.05) is 16.4 Å². The van der Waals surface area contributed by atoms with Gasteiger partial charge in [0.1, 0.15) is 16.8 Å². The SMILES string of the molecule is Nc1nc(C2CSCCO2)nc2sc3c(c12)CCCC3. The molecule has 2 N–H and O–H groups in total. The number of hydrogen-bond donors (Lipinski definition) is 1. The van der Waals surface area contributed by atoms with Crippen LogP contribution >= 0.6 is 23.1 Å². The Bertz CT molecular complexity index is 649. The summed E-state index contributed by atoms with van der Waals surface area (Å²) in [5, 5.41) is 1.11. The third-order valence-electron chi connectivity index (χ3n) is 3.96. The number of rotatable bonds is 1. The van der Waals surface area contributed by atoms with Crippen molar-refractivity contribution in [3.63, 3.8) is 0 Å². The molecule has 4 rings (SSSR count). The van der Waals surface area contributed by atoms with Gasteiger partial charge in [-0.05, 0) is 31.2 Å². The molecule has 6 heteroatoms. The number of fused-ring (bicyclic) bond motifs is 3. The maximum Gasteiger partial charge on any atom is 0.162 e. The maximum absolute atomic E-state index is 6.23. The van der Waals surface area contributed by atoms with E-state index >= 15 is 0 Å². The lowest BCUT2D eigenvalue weighted by atomic mass is 9.97. The summed E-state index contributed by atoms with van der Waals surface area (Å²) in [5.41, 5.74) is 7.63. The summed E-state index contributed by atoms with van der Waals surface area (Å²) in [4.78, 5) is 11.8. The predicted molar refractivity (Wildman–Crippen MR) is 84.5 cm³/mol. The first kappa shape index (κ1) is 12.9. The highest BCUT2D eigenvalue weighted by molar-refractivity contribution is 7.99. The highest BCUT2D eigenvalue weighted by Crippen LogP contribution is 2.38. The minimum absolute atomic E-state index is 0.000391. The molecule has 2 aliphatic rings. The number of ether oxygens (including phenoxy) is 1. The summed E-state index contributed by atoms with van der Waals surface area (Å²) >= 11 is 3.69. The van der Waals surface area contributed by atoms with E-state index in [4.69, 9.17) is 15.5 Å². The maximum atomic E-state index is 6.23. The molecule has 1 unspecified atom stereocenters. The molecule has 0 spiro atoms. The molecule has 0 aromatic carbocycles. The van der Waals surface area contributed by atoms with Crippen LogP contribution < -0.4 is 5.73 Å². The minimum Gasteiger partial charge on any atom is -0.383 e. The third-order valence-corrected chi connectivity index (χ3v) is 6.14. The van der Waals surface area contributed by atoms with Crippen molar-refractivity contribution in [3.05, 3.63) is 16.3 Å². The van der Waals surface area contributed by atoms with Crippen molar-refractivity contribution >= 4 is 39.1 Å². The molecule has 1 saturated heterocycles. The van der Waals surface area contributed by atoms with E-state index < -0.39 is 0 Å². The molecule has 2 aromatic heterocycles. The normalized spacial score (nSPS) is 22.9. The Morgan fingerprint density at radius 3 is 2.95 bits per heavy atom. The van der Waals surface area contributed by atoms with Gasteiger partial charge in [0.15, 0.2) is 5.82 Å². The lowest BCUT2D eigenvalue weighted by Gasteiger charge is -2.21. The second-order valence-electron chi connectivity index (χ2n) is 5.29. The summed E-state index contributed by atoms with van der Waals surface area (Å²) in [5.74, 6) is 3.39. The molecule has 0 bridgehead atoms. The predicted octanol–water partition coefficient (Wildman–Crippen LogP) is 2.96. The van der Waals surface area contributed by atoms with Gasteiger partial charge in [-0.2, -0.15) is 11.8 Å². The fraction of sp³-hybridized carbons (Fsp3) is 0.571. The Morgan fingerprint density at radius 2 is 2.10 bits per heavy atom. The Morgan fingerprint density at radius 1 is 1.20 bits per heavy atom. The average molecular weight is 307 g/mol. The fourth-order valence-electron chi connectivity index (χ4n) is 2.98. The fourth-order valence-corrected chi connectivity index (χ4v) is 5.10. The number of thioether (sulfide) groups is 1. The van der Waals surface area contributed by atoms with Gasteiger partial charge in [-0.3, -0.25) is 0 Å². The largest absolute Gasteiger partial charge is 0.383 e. The lowest BCUT2D eigenvalue weighted by Crippen LogP contribution is -2.18. The van der Waals surface area contributed by atoms with Crippen LogP contribution in [-0.2, 0) is 17.6 Å². The molecule has 106 valence electrons. The molecular formula is C14H17N3OS2. The molecule has 1 atom stereocenters. The van der Waals surface area contributed by atoms with Crippen molar-refractivity contribution in [2.75, 3.05) is 23.8 Å². The molecule has 3 heterocycles. The molecule has 4 nitrogen and oxygen atoms in total. The van der Waals surface area contributed by atoms with E-state index in [1.54, 1.807) is 11.3 Å². The number of thiophene rings is 1. The van der Waals surface area contributed by atoms with E-state index in [1.165, 1.54) is 29.7 Å².